The van der Waals surface area contributed by atoms with Crippen molar-refractivity contribution in [3.05, 3.63) is 65.2 Å². The molecule has 1 aliphatic rings. The van der Waals surface area contributed by atoms with Crippen molar-refractivity contribution in [1.29, 1.82) is 0 Å². The molecule has 3 aromatic rings. The van der Waals surface area contributed by atoms with Crippen LogP contribution in [-0.4, -0.2) is 35.6 Å². The van der Waals surface area contributed by atoms with E-state index < -0.39 is 11.8 Å². The minimum Gasteiger partial charge on any atom is -0.496 e. The zero-order chi connectivity index (χ0) is 22.0. The summed E-state index contributed by atoms with van der Waals surface area (Å²) in [6.07, 6.45) is 1.06. The number of aromatic nitrogens is 1. The summed E-state index contributed by atoms with van der Waals surface area (Å²) in [6.45, 7) is 3.91. The molecule has 8 heteroatoms. The molecule has 0 saturated carbocycles. The molecule has 1 fully saturated rings. The molecule has 1 aromatic heterocycles. The maximum absolute atomic E-state index is 13.2. The van der Waals surface area contributed by atoms with Gasteiger partial charge in [-0.05, 0) is 43.7 Å². The van der Waals surface area contributed by atoms with Crippen LogP contribution in [0.3, 0.4) is 0 Å². The molecule has 1 unspecified atom stereocenters. The van der Waals surface area contributed by atoms with E-state index in [0.717, 1.165) is 5.56 Å². The lowest BCUT2D eigenvalue weighted by Crippen LogP contribution is -2.35. The van der Waals surface area contributed by atoms with Crippen LogP contribution in [0, 0.1) is 0 Å². The van der Waals surface area contributed by atoms with Crippen LogP contribution in [0.5, 0.6) is 22.4 Å². The summed E-state index contributed by atoms with van der Waals surface area (Å²) in [5.41, 5.74) is 0.667. The summed E-state index contributed by atoms with van der Waals surface area (Å²) in [6, 6.07) is 13.1. The molecular weight excluding hydrogens is 416 g/mol. The molecule has 31 heavy (non-hydrogen) atoms. The van der Waals surface area contributed by atoms with Crippen LogP contribution < -0.4 is 14.2 Å². The van der Waals surface area contributed by atoms with Gasteiger partial charge in [0.15, 0.2) is 6.23 Å². The van der Waals surface area contributed by atoms with Crippen LogP contribution in [-0.2, 0) is 16.1 Å². The quantitative estimate of drug-likeness (QED) is 0.526. The number of rotatable bonds is 7. The summed E-state index contributed by atoms with van der Waals surface area (Å²) in [4.78, 5) is 19.0. The minimum absolute atomic E-state index is 0.103. The SMILES string of the molecule is COc1cccc(OC)c1C1OC(C)(C)C(=O)N1Cc1ccc(Oc2nccs2)cc1. The molecule has 1 amide bonds. The molecule has 0 radical (unpaired) electrons. The first-order valence-electron chi connectivity index (χ1n) is 9.79. The fourth-order valence-electron chi connectivity index (χ4n) is 3.56. The predicted molar refractivity (Wildman–Crippen MR) is 117 cm³/mol. The second-order valence-corrected chi connectivity index (χ2v) is 8.39. The third-order valence-corrected chi connectivity index (χ3v) is 5.72. The lowest BCUT2D eigenvalue weighted by molar-refractivity contribution is -0.134. The Kier molecular flexibility index (Phi) is 5.84. The number of carbonyl (C=O) groups is 1. The van der Waals surface area contributed by atoms with Crippen molar-refractivity contribution in [2.24, 2.45) is 0 Å². The molecule has 7 nitrogen and oxygen atoms in total. The molecule has 2 heterocycles. The van der Waals surface area contributed by atoms with E-state index in [1.165, 1.54) is 11.3 Å². The number of carbonyl (C=O) groups excluding carboxylic acids is 1. The molecule has 0 bridgehead atoms. The Hall–Kier alpha value is -3.10. The number of thiazole rings is 1. The molecule has 4 rings (SSSR count). The summed E-state index contributed by atoms with van der Waals surface area (Å²) in [5.74, 6) is 1.79. The lowest BCUT2D eigenvalue weighted by atomic mass is 10.1. The molecule has 1 saturated heterocycles. The highest BCUT2D eigenvalue weighted by atomic mass is 32.1. The van der Waals surface area contributed by atoms with E-state index in [1.54, 1.807) is 39.2 Å². The third-order valence-electron chi connectivity index (χ3n) is 5.07. The molecule has 162 valence electrons. The van der Waals surface area contributed by atoms with Crippen molar-refractivity contribution in [2.75, 3.05) is 14.2 Å². The topological polar surface area (TPSA) is 70.1 Å². The Labute approximate surface area is 185 Å². The van der Waals surface area contributed by atoms with Crippen molar-refractivity contribution in [2.45, 2.75) is 32.2 Å². The summed E-state index contributed by atoms with van der Waals surface area (Å²) < 4.78 is 23.0. The van der Waals surface area contributed by atoms with Crippen LogP contribution >= 0.6 is 11.3 Å². The van der Waals surface area contributed by atoms with Crippen molar-refractivity contribution < 1.29 is 23.7 Å². The van der Waals surface area contributed by atoms with E-state index in [9.17, 15) is 4.79 Å². The average Bonchev–Trinajstić information content (AvgIpc) is 3.36. The number of hydrogen-bond acceptors (Lipinski definition) is 7. The number of amides is 1. The Bertz CT molecular complexity index is 1030. The first-order valence-corrected chi connectivity index (χ1v) is 10.7. The van der Waals surface area contributed by atoms with Gasteiger partial charge in [0.05, 0.1) is 19.8 Å². The molecule has 2 aromatic carbocycles. The Morgan fingerprint density at radius 1 is 1.10 bits per heavy atom. The number of ether oxygens (including phenoxy) is 4. The maximum atomic E-state index is 13.2. The number of benzene rings is 2. The van der Waals surface area contributed by atoms with Gasteiger partial charge < -0.3 is 23.8 Å². The van der Waals surface area contributed by atoms with E-state index in [2.05, 4.69) is 4.98 Å². The number of hydrogen-bond donors (Lipinski definition) is 0. The second kappa shape index (κ2) is 8.56. The first kappa shape index (κ1) is 21.1. The second-order valence-electron chi connectivity index (χ2n) is 7.53. The van der Waals surface area contributed by atoms with Crippen LogP contribution in [0.2, 0.25) is 0 Å². The van der Waals surface area contributed by atoms with Crippen LogP contribution in [0.15, 0.2) is 54.0 Å². The van der Waals surface area contributed by atoms with E-state index in [-0.39, 0.29) is 5.91 Å². The van der Waals surface area contributed by atoms with Crippen LogP contribution in [0.25, 0.3) is 0 Å². The minimum atomic E-state index is -0.968. The third kappa shape index (κ3) is 4.22. The number of methoxy groups -OCH3 is 2. The van der Waals surface area contributed by atoms with Crippen LogP contribution in [0.4, 0.5) is 0 Å². The number of nitrogens with zero attached hydrogens (tertiary/aromatic N) is 2. The largest absolute Gasteiger partial charge is 0.496 e. The summed E-state index contributed by atoms with van der Waals surface area (Å²) in [5, 5.41) is 2.44. The van der Waals surface area contributed by atoms with E-state index in [1.807, 2.05) is 47.8 Å². The summed E-state index contributed by atoms with van der Waals surface area (Å²) >= 11 is 1.43. The van der Waals surface area contributed by atoms with Crippen molar-refractivity contribution in [3.8, 4) is 22.4 Å². The monoisotopic (exact) mass is 440 g/mol. The van der Waals surface area contributed by atoms with Gasteiger partial charge in [0.25, 0.3) is 11.1 Å². The van der Waals surface area contributed by atoms with Gasteiger partial charge in [-0.25, -0.2) is 4.98 Å². The fraction of sp³-hybridized carbons (Fsp3) is 0.304. The lowest BCUT2D eigenvalue weighted by Gasteiger charge is -2.26. The summed E-state index contributed by atoms with van der Waals surface area (Å²) in [7, 11) is 3.18. The standard InChI is InChI=1S/C23H24N2O5S/c1-23(2)21(26)25(20(30-23)19-17(27-3)6-5-7-18(19)28-4)14-15-8-10-16(11-9-15)29-22-24-12-13-31-22/h5-13,20H,14H2,1-4H3. The van der Waals surface area contributed by atoms with Gasteiger partial charge in [-0.1, -0.05) is 29.5 Å². The normalized spacial score (nSPS) is 17.6. The Morgan fingerprint density at radius 2 is 1.77 bits per heavy atom. The van der Waals surface area contributed by atoms with E-state index in [4.69, 9.17) is 18.9 Å². The van der Waals surface area contributed by atoms with Crippen LogP contribution in [0.1, 0.15) is 31.2 Å². The Balaban J connectivity index is 1.62. The molecule has 1 atom stereocenters. The van der Waals surface area contributed by atoms with Crippen molar-refractivity contribution in [1.82, 2.24) is 9.88 Å². The highest BCUT2D eigenvalue weighted by Crippen LogP contribution is 2.45. The first-order chi connectivity index (χ1) is 14.9. The smallest absolute Gasteiger partial charge is 0.278 e. The highest BCUT2D eigenvalue weighted by Gasteiger charge is 2.48. The zero-order valence-corrected chi connectivity index (χ0v) is 18.6. The molecular formula is C23H24N2O5S. The van der Waals surface area contributed by atoms with Gasteiger partial charge in [0, 0.05) is 18.1 Å². The molecule has 0 N–H and O–H groups in total. The van der Waals surface area contributed by atoms with Gasteiger partial charge in [-0.15, -0.1) is 0 Å². The van der Waals surface area contributed by atoms with Crippen molar-refractivity contribution >= 4 is 17.2 Å². The predicted octanol–water partition coefficient (Wildman–Crippen LogP) is 4.79. The Morgan fingerprint density at radius 3 is 2.35 bits per heavy atom. The van der Waals surface area contributed by atoms with E-state index in [0.29, 0.717) is 34.6 Å². The highest BCUT2D eigenvalue weighted by molar-refractivity contribution is 7.11. The molecule has 1 aliphatic heterocycles. The van der Waals surface area contributed by atoms with Gasteiger partial charge in [0.2, 0.25) is 0 Å². The zero-order valence-electron chi connectivity index (χ0n) is 17.8. The van der Waals surface area contributed by atoms with Gasteiger partial charge in [0.1, 0.15) is 22.8 Å². The van der Waals surface area contributed by atoms with Crippen molar-refractivity contribution in [3.63, 3.8) is 0 Å². The molecule has 0 spiro atoms. The maximum Gasteiger partial charge on any atom is 0.278 e. The van der Waals surface area contributed by atoms with E-state index >= 15 is 0 Å². The van der Waals surface area contributed by atoms with Gasteiger partial charge in [-0.2, -0.15) is 0 Å². The van der Waals surface area contributed by atoms with Gasteiger partial charge >= 0.3 is 0 Å². The average molecular weight is 441 g/mol. The van der Waals surface area contributed by atoms with Gasteiger partial charge in [-0.3, -0.25) is 4.79 Å². The molecule has 0 aliphatic carbocycles. The fourth-order valence-corrected chi connectivity index (χ4v) is 4.06.